The Hall–Kier alpha value is -1.74. The van der Waals surface area contributed by atoms with Crippen molar-refractivity contribution in [1.82, 2.24) is 0 Å². The zero-order valence-electron chi connectivity index (χ0n) is 10.4. The smallest absolute Gasteiger partial charge is 0.335 e. The van der Waals surface area contributed by atoms with Crippen molar-refractivity contribution in [1.29, 1.82) is 0 Å². The molecule has 0 aliphatic heterocycles. The second kappa shape index (κ2) is 6.87. The van der Waals surface area contributed by atoms with E-state index in [0.29, 0.717) is 5.56 Å². The van der Waals surface area contributed by atoms with E-state index in [1.807, 2.05) is 12.1 Å². The molecule has 0 unspecified atom stereocenters. The van der Waals surface area contributed by atoms with E-state index < -0.39 is 5.97 Å². The van der Waals surface area contributed by atoms with Crippen molar-refractivity contribution < 1.29 is 9.90 Å². The van der Waals surface area contributed by atoms with Crippen molar-refractivity contribution in [3.05, 3.63) is 65.2 Å². The monoisotopic (exact) mass is 260 g/mol. The van der Waals surface area contributed by atoms with Gasteiger partial charge in [0.1, 0.15) is 0 Å². The molecule has 0 atom stereocenters. The molecule has 0 aliphatic rings. The summed E-state index contributed by atoms with van der Waals surface area (Å²) in [5.74, 6) is -0.879. The van der Waals surface area contributed by atoms with Gasteiger partial charge in [-0.2, -0.15) is 0 Å². The zero-order valence-corrected chi connectivity index (χ0v) is 11.3. The Kier molecular flexibility index (Phi) is 5.46. The summed E-state index contributed by atoms with van der Waals surface area (Å²) in [5, 5.41) is 8.38. The van der Waals surface area contributed by atoms with Crippen LogP contribution in [0, 0.1) is 13.8 Å². The quantitative estimate of drug-likeness (QED) is 0.761. The molecule has 2 aromatic carbocycles. The average molecular weight is 260 g/mol. The minimum absolute atomic E-state index is 0.331. The molecule has 3 heteroatoms. The Morgan fingerprint density at radius 3 is 2.00 bits per heavy atom. The largest absolute Gasteiger partial charge is 0.478 e. The number of hydrogen-bond acceptors (Lipinski definition) is 2. The van der Waals surface area contributed by atoms with E-state index in [2.05, 4.69) is 32.5 Å². The van der Waals surface area contributed by atoms with Gasteiger partial charge in [0.2, 0.25) is 0 Å². The van der Waals surface area contributed by atoms with Gasteiger partial charge in [-0.05, 0) is 43.2 Å². The van der Waals surface area contributed by atoms with Crippen LogP contribution in [0.2, 0.25) is 0 Å². The van der Waals surface area contributed by atoms with E-state index >= 15 is 0 Å². The molecular formula is C15H16O2S. The molecule has 0 fully saturated rings. The summed E-state index contributed by atoms with van der Waals surface area (Å²) in [6.45, 7) is 4.17. The first-order valence-corrected chi connectivity index (χ1v) is 6.00. The second-order valence-corrected chi connectivity index (χ2v) is 4.37. The third-order valence-electron chi connectivity index (χ3n) is 2.60. The fraction of sp³-hybridized carbons (Fsp3) is 0.133. The van der Waals surface area contributed by atoms with E-state index in [0.717, 1.165) is 4.90 Å². The normalized spacial score (nSPS) is 9.28. The highest BCUT2D eigenvalue weighted by molar-refractivity contribution is 7.80. The van der Waals surface area contributed by atoms with Gasteiger partial charge in [0.25, 0.3) is 0 Å². The topological polar surface area (TPSA) is 37.3 Å². The summed E-state index contributed by atoms with van der Waals surface area (Å²) in [5.41, 5.74) is 2.92. The van der Waals surface area contributed by atoms with E-state index in [1.165, 1.54) is 11.1 Å². The maximum absolute atomic E-state index is 10.2. The van der Waals surface area contributed by atoms with Crippen molar-refractivity contribution >= 4 is 18.6 Å². The van der Waals surface area contributed by atoms with Gasteiger partial charge in [-0.3, -0.25) is 0 Å². The Morgan fingerprint density at radius 1 is 1.00 bits per heavy atom. The predicted octanol–water partition coefficient (Wildman–Crippen LogP) is 3.98. The van der Waals surface area contributed by atoms with Gasteiger partial charge >= 0.3 is 5.97 Å². The van der Waals surface area contributed by atoms with Crippen LogP contribution in [0.4, 0.5) is 0 Å². The van der Waals surface area contributed by atoms with E-state index in [4.69, 9.17) is 5.11 Å². The Bertz CT molecular complexity index is 501. The highest BCUT2D eigenvalue weighted by atomic mass is 32.1. The number of aryl methyl sites for hydroxylation is 1. The number of thiol groups is 1. The molecule has 0 aliphatic carbocycles. The van der Waals surface area contributed by atoms with Crippen molar-refractivity contribution in [2.24, 2.45) is 0 Å². The van der Waals surface area contributed by atoms with Gasteiger partial charge in [0.05, 0.1) is 5.56 Å². The molecule has 2 nitrogen and oxygen atoms in total. The van der Waals surface area contributed by atoms with Crippen LogP contribution in [0.1, 0.15) is 21.5 Å². The number of carboxylic acids is 1. The second-order valence-electron chi connectivity index (χ2n) is 3.89. The molecule has 0 aromatic heterocycles. The van der Waals surface area contributed by atoms with Crippen molar-refractivity contribution in [3.63, 3.8) is 0 Å². The lowest BCUT2D eigenvalue weighted by Crippen LogP contribution is -1.93. The number of carboxylic acid groups (broad SMARTS) is 1. The molecule has 0 amide bonds. The average Bonchev–Trinajstić information content (AvgIpc) is 2.38. The standard InChI is InChI=1S/C8H10S.C7H6O2/c1-6-4-3-5-8(9)7(6)2;8-7(9)6-4-2-1-3-5-6/h3-5,9H,1-2H3;1-5H,(H,8,9). The van der Waals surface area contributed by atoms with Gasteiger partial charge in [0, 0.05) is 4.90 Å². The maximum Gasteiger partial charge on any atom is 0.335 e. The first-order chi connectivity index (χ1) is 8.52. The molecule has 0 saturated carbocycles. The summed E-state index contributed by atoms with van der Waals surface area (Å²) in [6, 6.07) is 14.4. The van der Waals surface area contributed by atoms with Crippen molar-refractivity contribution in [2.75, 3.05) is 0 Å². The summed E-state index contributed by atoms with van der Waals surface area (Å²) >= 11 is 4.27. The highest BCUT2D eigenvalue weighted by Crippen LogP contribution is 2.15. The third-order valence-corrected chi connectivity index (χ3v) is 3.08. The minimum atomic E-state index is -0.879. The van der Waals surface area contributed by atoms with E-state index in [1.54, 1.807) is 30.3 Å². The molecular weight excluding hydrogens is 244 g/mol. The number of aromatic carboxylic acids is 1. The van der Waals surface area contributed by atoms with Crippen molar-refractivity contribution in [3.8, 4) is 0 Å². The summed E-state index contributed by atoms with van der Waals surface area (Å²) < 4.78 is 0. The molecule has 2 aromatic rings. The van der Waals surface area contributed by atoms with Crippen LogP contribution in [-0.2, 0) is 0 Å². The summed E-state index contributed by atoms with van der Waals surface area (Å²) in [7, 11) is 0. The lowest BCUT2D eigenvalue weighted by Gasteiger charge is -2.00. The lowest BCUT2D eigenvalue weighted by molar-refractivity contribution is 0.0697. The van der Waals surface area contributed by atoms with Crippen LogP contribution < -0.4 is 0 Å². The van der Waals surface area contributed by atoms with Crippen LogP contribution in [-0.4, -0.2) is 11.1 Å². The zero-order chi connectivity index (χ0) is 13.5. The SMILES string of the molecule is Cc1cccc(S)c1C.O=C(O)c1ccccc1. The molecule has 1 N–H and O–H groups in total. The molecule has 2 rings (SSSR count). The number of rotatable bonds is 1. The fourth-order valence-electron chi connectivity index (χ4n) is 1.32. The van der Waals surface area contributed by atoms with Crippen LogP contribution in [0.3, 0.4) is 0 Å². The predicted molar refractivity (Wildman–Crippen MR) is 76.6 cm³/mol. The molecule has 0 bridgehead atoms. The number of carbonyl (C=O) groups is 1. The Morgan fingerprint density at radius 2 is 1.61 bits per heavy atom. The van der Waals surface area contributed by atoms with E-state index in [-0.39, 0.29) is 0 Å². The van der Waals surface area contributed by atoms with Crippen molar-refractivity contribution in [2.45, 2.75) is 18.7 Å². The van der Waals surface area contributed by atoms with Gasteiger partial charge in [-0.25, -0.2) is 4.79 Å². The molecule has 0 heterocycles. The first-order valence-electron chi connectivity index (χ1n) is 5.56. The van der Waals surface area contributed by atoms with Gasteiger partial charge < -0.3 is 5.11 Å². The highest BCUT2D eigenvalue weighted by Gasteiger charge is 1.96. The van der Waals surface area contributed by atoms with Crippen LogP contribution >= 0.6 is 12.6 Å². The summed E-state index contributed by atoms with van der Waals surface area (Å²) in [4.78, 5) is 11.3. The van der Waals surface area contributed by atoms with Gasteiger partial charge in [-0.1, -0.05) is 30.3 Å². The lowest BCUT2D eigenvalue weighted by atomic mass is 10.1. The first kappa shape index (κ1) is 14.3. The Balaban J connectivity index is 0.000000180. The molecule has 0 spiro atoms. The third kappa shape index (κ3) is 4.26. The molecule has 0 radical (unpaired) electrons. The molecule has 18 heavy (non-hydrogen) atoms. The number of hydrogen-bond donors (Lipinski definition) is 2. The van der Waals surface area contributed by atoms with Crippen LogP contribution in [0.5, 0.6) is 0 Å². The maximum atomic E-state index is 10.2. The van der Waals surface area contributed by atoms with Gasteiger partial charge in [0.15, 0.2) is 0 Å². The van der Waals surface area contributed by atoms with Crippen LogP contribution in [0.25, 0.3) is 0 Å². The van der Waals surface area contributed by atoms with Gasteiger partial charge in [-0.15, -0.1) is 12.6 Å². The molecule has 94 valence electrons. The minimum Gasteiger partial charge on any atom is -0.478 e. The van der Waals surface area contributed by atoms with E-state index in [9.17, 15) is 4.79 Å². The summed E-state index contributed by atoms with van der Waals surface area (Å²) in [6.07, 6.45) is 0. The molecule has 0 saturated heterocycles. The number of benzene rings is 2. The Labute approximate surface area is 113 Å². The fourth-order valence-corrected chi connectivity index (χ4v) is 1.58. The van der Waals surface area contributed by atoms with Crippen LogP contribution in [0.15, 0.2) is 53.4 Å².